The minimum atomic E-state index is -0.0673. The van der Waals surface area contributed by atoms with Gasteiger partial charge in [0.1, 0.15) is 5.75 Å². The summed E-state index contributed by atoms with van der Waals surface area (Å²) in [6, 6.07) is 13.0. The van der Waals surface area contributed by atoms with Crippen molar-refractivity contribution in [1.29, 1.82) is 0 Å². The quantitative estimate of drug-likeness (QED) is 0.820. The van der Waals surface area contributed by atoms with Crippen LogP contribution in [-0.2, 0) is 11.3 Å². The van der Waals surface area contributed by atoms with Crippen LogP contribution in [0.3, 0.4) is 0 Å². The van der Waals surface area contributed by atoms with Gasteiger partial charge in [-0.05, 0) is 43.0 Å². The van der Waals surface area contributed by atoms with Gasteiger partial charge >= 0.3 is 0 Å². The van der Waals surface area contributed by atoms with Crippen LogP contribution in [0.5, 0.6) is 5.75 Å². The van der Waals surface area contributed by atoms with Gasteiger partial charge in [-0.1, -0.05) is 37.3 Å². The molecule has 0 unspecified atom stereocenters. The normalized spacial score (nSPS) is 23.5. The van der Waals surface area contributed by atoms with Gasteiger partial charge in [0.2, 0.25) is 5.91 Å². The number of ether oxygens (including phenoxy) is 1. The maximum absolute atomic E-state index is 12.8. The summed E-state index contributed by atoms with van der Waals surface area (Å²) in [4.78, 5) is 17.2. The molecule has 2 aromatic rings. The third-order valence-electron chi connectivity index (χ3n) is 5.83. The number of fused-ring (bicyclic) bond motifs is 2. The van der Waals surface area contributed by atoms with Gasteiger partial charge in [-0.25, -0.2) is 0 Å². The zero-order chi connectivity index (χ0) is 18.1. The molecule has 2 aliphatic heterocycles. The first-order chi connectivity index (χ1) is 12.7. The lowest BCUT2D eigenvalue weighted by molar-refractivity contribution is -0.143. The van der Waals surface area contributed by atoms with Crippen LogP contribution in [-0.4, -0.2) is 47.5 Å². The molecule has 2 atom stereocenters. The summed E-state index contributed by atoms with van der Waals surface area (Å²) in [5.74, 6) is 1.24. The van der Waals surface area contributed by atoms with Crippen LogP contribution < -0.4 is 4.74 Å². The Balaban J connectivity index is 1.67. The van der Waals surface area contributed by atoms with Crippen molar-refractivity contribution in [1.82, 2.24) is 9.80 Å². The minimum Gasteiger partial charge on any atom is -0.493 e. The highest BCUT2D eigenvalue weighted by atomic mass is 16.5. The van der Waals surface area contributed by atoms with Gasteiger partial charge in [0.25, 0.3) is 0 Å². The van der Waals surface area contributed by atoms with Crippen molar-refractivity contribution in [2.24, 2.45) is 0 Å². The predicted molar refractivity (Wildman–Crippen MR) is 104 cm³/mol. The molecule has 0 bridgehead atoms. The Labute approximate surface area is 155 Å². The van der Waals surface area contributed by atoms with E-state index in [1.54, 1.807) is 0 Å². The zero-order valence-electron chi connectivity index (χ0n) is 15.8. The average molecular weight is 352 g/mol. The fourth-order valence-electron chi connectivity index (χ4n) is 4.37. The Kier molecular flexibility index (Phi) is 4.86. The van der Waals surface area contributed by atoms with E-state index in [1.807, 2.05) is 0 Å². The summed E-state index contributed by atoms with van der Waals surface area (Å²) in [6.07, 6.45) is 3.25. The Morgan fingerprint density at radius 2 is 2.04 bits per heavy atom. The third kappa shape index (κ3) is 3.07. The fourth-order valence-corrected chi connectivity index (χ4v) is 4.37. The molecular formula is C22H28N2O2. The maximum atomic E-state index is 12.8. The van der Waals surface area contributed by atoms with E-state index in [2.05, 4.69) is 60.0 Å². The van der Waals surface area contributed by atoms with E-state index < -0.39 is 0 Å². The highest BCUT2D eigenvalue weighted by Crippen LogP contribution is 2.33. The van der Waals surface area contributed by atoms with Crippen molar-refractivity contribution in [3.05, 3.63) is 42.0 Å². The zero-order valence-corrected chi connectivity index (χ0v) is 15.8. The lowest BCUT2D eigenvalue weighted by Crippen LogP contribution is -2.58. The molecule has 0 radical (unpaired) electrons. The Hall–Kier alpha value is -2.07. The lowest BCUT2D eigenvalue weighted by atomic mass is 10.0. The molecule has 2 fully saturated rings. The van der Waals surface area contributed by atoms with E-state index in [0.29, 0.717) is 6.04 Å². The molecule has 0 saturated carbocycles. The molecule has 4 nitrogen and oxygen atoms in total. The Morgan fingerprint density at radius 1 is 1.19 bits per heavy atom. The van der Waals surface area contributed by atoms with Crippen LogP contribution in [0.2, 0.25) is 0 Å². The van der Waals surface area contributed by atoms with Crippen molar-refractivity contribution in [2.75, 3.05) is 19.7 Å². The molecule has 2 aliphatic rings. The molecule has 0 aromatic heterocycles. The van der Waals surface area contributed by atoms with Gasteiger partial charge in [0, 0.05) is 31.2 Å². The van der Waals surface area contributed by atoms with Crippen LogP contribution in [0, 0.1) is 0 Å². The van der Waals surface area contributed by atoms with Crippen LogP contribution in [0.15, 0.2) is 36.4 Å². The number of piperazine rings is 1. The summed E-state index contributed by atoms with van der Waals surface area (Å²) < 4.78 is 6.06. The lowest BCUT2D eigenvalue weighted by Gasteiger charge is -2.41. The summed E-state index contributed by atoms with van der Waals surface area (Å²) in [5, 5.41) is 2.46. The molecule has 138 valence electrons. The molecule has 4 rings (SSSR count). The molecule has 26 heavy (non-hydrogen) atoms. The number of nitrogens with zero attached hydrogens (tertiary/aromatic N) is 2. The second kappa shape index (κ2) is 7.28. The highest BCUT2D eigenvalue weighted by Gasteiger charge is 2.40. The first-order valence-corrected chi connectivity index (χ1v) is 9.87. The van der Waals surface area contributed by atoms with Crippen LogP contribution in [0.4, 0.5) is 0 Å². The number of carbonyl (C=O) groups excluding carboxylic acids is 1. The predicted octanol–water partition coefficient (Wildman–Crippen LogP) is 3.82. The summed E-state index contributed by atoms with van der Waals surface area (Å²) >= 11 is 0. The number of hydrogen-bond donors (Lipinski definition) is 0. The van der Waals surface area contributed by atoms with E-state index in [4.69, 9.17) is 4.74 Å². The van der Waals surface area contributed by atoms with Gasteiger partial charge < -0.3 is 9.64 Å². The monoisotopic (exact) mass is 352 g/mol. The van der Waals surface area contributed by atoms with E-state index in [1.165, 1.54) is 16.3 Å². The highest BCUT2D eigenvalue weighted by molar-refractivity contribution is 5.88. The van der Waals surface area contributed by atoms with Crippen molar-refractivity contribution in [3.63, 3.8) is 0 Å². The van der Waals surface area contributed by atoms with E-state index in [9.17, 15) is 4.79 Å². The number of amides is 1. The van der Waals surface area contributed by atoms with Gasteiger partial charge in [0.05, 0.1) is 12.6 Å². The minimum absolute atomic E-state index is 0.0673. The van der Waals surface area contributed by atoms with E-state index in [-0.39, 0.29) is 11.9 Å². The molecule has 4 heteroatoms. The molecule has 2 saturated heterocycles. The Morgan fingerprint density at radius 3 is 2.88 bits per heavy atom. The fraction of sp³-hybridized carbons (Fsp3) is 0.500. The van der Waals surface area contributed by atoms with Crippen molar-refractivity contribution >= 4 is 16.7 Å². The number of hydrogen-bond acceptors (Lipinski definition) is 3. The van der Waals surface area contributed by atoms with Crippen LogP contribution in [0.25, 0.3) is 10.8 Å². The van der Waals surface area contributed by atoms with Crippen molar-refractivity contribution in [2.45, 2.75) is 51.7 Å². The number of carbonyl (C=O) groups is 1. The van der Waals surface area contributed by atoms with Gasteiger partial charge in [-0.2, -0.15) is 0 Å². The smallest absolute Gasteiger partial charge is 0.239 e. The van der Waals surface area contributed by atoms with Crippen molar-refractivity contribution in [3.8, 4) is 5.75 Å². The summed E-state index contributed by atoms with van der Waals surface area (Å²) in [6.45, 7) is 7.55. The standard InChI is InChI=1S/C22H28N2O2/c1-3-13-26-21-11-10-17-7-4-5-9-19(17)20(21)15-23-14-18-8-6-12-24(18)22(25)16(23)2/h4-5,7,9-11,16,18H,3,6,8,12-15H2,1-2H3/t16-,18-/m1/s1. The van der Waals surface area contributed by atoms with Crippen molar-refractivity contribution < 1.29 is 9.53 Å². The first-order valence-electron chi connectivity index (χ1n) is 9.87. The second-order valence-corrected chi connectivity index (χ2v) is 7.54. The molecule has 0 N–H and O–H groups in total. The largest absolute Gasteiger partial charge is 0.493 e. The third-order valence-corrected chi connectivity index (χ3v) is 5.83. The average Bonchev–Trinajstić information content (AvgIpc) is 3.13. The van der Waals surface area contributed by atoms with Gasteiger partial charge in [0.15, 0.2) is 0 Å². The summed E-state index contributed by atoms with van der Waals surface area (Å²) in [7, 11) is 0. The molecule has 2 aromatic carbocycles. The molecular weight excluding hydrogens is 324 g/mol. The van der Waals surface area contributed by atoms with E-state index >= 15 is 0 Å². The van der Waals surface area contributed by atoms with Gasteiger partial charge in [-0.3, -0.25) is 9.69 Å². The van der Waals surface area contributed by atoms with Crippen LogP contribution >= 0.6 is 0 Å². The molecule has 2 heterocycles. The van der Waals surface area contributed by atoms with Crippen LogP contribution in [0.1, 0.15) is 38.7 Å². The molecule has 1 amide bonds. The maximum Gasteiger partial charge on any atom is 0.239 e. The SMILES string of the molecule is CCCOc1ccc2ccccc2c1CN1C[C@H]2CCCN2C(=O)[C@H]1C. The first kappa shape index (κ1) is 17.3. The molecule has 0 aliphatic carbocycles. The van der Waals surface area contributed by atoms with Gasteiger partial charge in [-0.15, -0.1) is 0 Å². The summed E-state index contributed by atoms with van der Waals surface area (Å²) in [5.41, 5.74) is 1.21. The number of benzene rings is 2. The second-order valence-electron chi connectivity index (χ2n) is 7.54. The van der Waals surface area contributed by atoms with E-state index in [0.717, 1.165) is 51.3 Å². The number of rotatable bonds is 5. The Bertz CT molecular complexity index is 804. The topological polar surface area (TPSA) is 32.8 Å². The molecule has 0 spiro atoms.